The second-order valence-corrected chi connectivity index (χ2v) is 5.14. The molecule has 1 aromatic heterocycles. The summed E-state index contributed by atoms with van der Waals surface area (Å²) in [4.78, 5) is 4.14. The molecule has 0 amide bonds. The number of hydrogen-bond donors (Lipinski definition) is 2. The quantitative estimate of drug-likeness (QED) is 0.806. The smallest absolute Gasteiger partial charge is 0.0422 e. The van der Waals surface area contributed by atoms with E-state index >= 15 is 0 Å². The van der Waals surface area contributed by atoms with Crippen molar-refractivity contribution >= 4 is 22.1 Å². The number of aromatic nitrogens is 1. The average molecular weight is 241 g/mol. The third-order valence-corrected chi connectivity index (χ3v) is 3.94. The molecule has 1 fully saturated rings. The Morgan fingerprint density at radius 3 is 2.89 bits per heavy atom. The normalized spacial score (nSPS) is 15.6. The number of anilines is 2. The van der Waals surface area contributed by atoms with Crippen molar-refractivity contribution in [3.63, 3.8) is 0 Å². The van der Waals surface area contributed by atoms with Crippen LogP contribution in [-0.2, 0) is 0 Å². The topological polar surface area (TPSA) is 50.9 Å². The molecule has 18 heavy (non-hydrogen) atoms. The number of nitrogen functional groups attached to an aromatic ring is 1. The SMILES string of the molecule is Nc1ccc(NCCC2CCC2)c2ccncc12. The molecule has 1 aliphatic carbocycles. The monoisotopic (exact) mass is 241 g/mol. The molecular weight excluding hydrogens is 222 g/mol. The van der Waals surface area contributed by atoms with Crippen LogP contribution in [0.5, 0.6) is 0 Å². The fraction of sp³-hybridized carbons (Fsp3) is 0.400. The van der Waals surface area contributed by atoms with Crippen molar-refractivity contribution in [1.29, 1.82) is 0 Å². The lowest BCUT2D eigenvalue weighted by Crippen LogP contribution is -2.15. The van der Waals surface area contributed by atoms with Crippen molar-refractivity contribution in [3.05, 3.63) is 30.6 Å². The Kier molecular flexibility index (Phi) is 3.05. The van der Waals surface area contributed by atoms with Gasteiger partial charge < -0.3 is 11.1 Å². The Hall–Kier alpha value is -1.77. The van der Waals surface area contributed by atoms with Gasteiger partial charge in [-0.05, 0) is 30.5 Å². The van der Waals surface area contributed by atoms with Gasteiger partial charge in [-0.15, -0.1) is 0 Å². The first kappa shape index (κ1) is 11.3. The Morgan fingerprint density at radius 1 is 1.22 bits per heavy atom. The molecule has 0 bridgehead atoms. The summed E-state index contributed by atoms with van der Waals surface area (Å²) in [6.07, 6.45) is 9.17. The number of pyridine rings is 1. The van der Waals surface area contributed by atoms with Crippen LogP contribution in [0.3, 0.4) is 0 Å². The Balaban J connectivity index is 1.76. The van der Waals surface area contributed by atoms with E-state index in [1.165, 1.54) is 36.8 Å². The fourth-order valence-electron chi connectivity index (χ4n) is 2.56. The molecule has 0 spiro atoms. The molecule has 0 radical (unpaired) electrons. The lowest BCUT2D eigenvalue weighted by Gasteiger charge is -2.25. The molecule has 1 aromatic carbocycles. The standard InChI is InChI=1S/C15H19N3/c16-14-4-5-15(12-7-8-17-10-13(12)14)18-9-6-11-2-1-3-11/h4-5,7-8,10-11,18H,1-3,6,9,16H2. The molecule has 3 heteroatoms. The maximum Gasteiger partial charge on any atom is 0.0422 e. The number of nitrogens with two attached hydrogens (primary N) is 1. The predicted molar refractivity (Wildman–Crippen MR) is 76.6 cm³/mol. The lowest BCUT2D eigenvalue weighted by molar-refractivity contribution is 0.303. The van der Waals surface area contributed by atoms with Gasteiger partial charge in [-0.1, -0.05) is 19.3 Å². The van der Waals surface area contributed by atoms with Crippen molar-refractivity contribution in [2.24, 2.45) is 5.92 Å². The van der Waals surface area contributed by atoms with E-state index in [9.17, 15) is 0 Å². The van der Waals surface area contributed by atoms with Gasteiger partial charge in [-0.2, -0.15) is 0 Å². The molecular formula is C15H19N3. The van der Waals surface area contributed by atoms with Gasteiger partial charge in [0.25, 0.3) is 0 Å². The molecule has 1 saturated carbocycles. The lowest BCUT2D eigenvalue weighted by atomic mass is 9.83. The van der Waals surface area contributed by atoms with Crippen molar-refractivity contribution in [2.75, 3.05) is 17.6 Å². The zero-order valence-corrected chi connectivity index (χ0v) is 10.5. The maximum absolute atomic E-state index is 5.96. The zero-order valence-electron chi connectivity index (χ0n) is 10.5. The summed E-state index contributed by atoms with van der Waals surface area (Å²) >= 11 is 0. The first-order valence-corrected chi connectivity index (χ1v) is 6.70. The largest absolute Gasteiger partial charge is 0.398 e. The predicted octanol–water partition coefficient (Wildman–Crippen LogP) is 3.42. The molecule has 0 atom stereocenters. The summed E-state index contributed by atoms with van der Waals surface area (Å²) < 4.78 is 0. The van der Waals surface area contributed by atoms with Gasteiger partial charge >= 0.3 is 0 Å². The van der Waals surface area contributed by atoms with Crippen LogP contribution in [0.25, 0.3) is 10.8 Å². The summed E-state index contributed by atoms with van der Waals surface area (Å²) in [6, 6.07) is 6.05. The Bertz CT molecular complexity index is 546. The van der Waals surface area contributed by atoms with Crippen LogP contribution in [-0.4, -0.2) is 11.5 Å². The minimum atomic E-state index is 0.794. The van der Waals surface area contributed by atoms with Gasteiger partial charge in [0.15, 0.2) is 0 Å². The Labute approximate surface area is 107 Å². The second kappa shape index (κ2) is 4.84. The van der Waals surface area contributed by atoms with Crippen molar-refractivity contribution in [1.82, 2.24) is 4.98 Å². The van der Waals surface area contributed by atoms with E-state index in [4.69, 9.17) is 5.73 Å². The summed E-state index contributed by atoms with van der Waals surface area (Å²) in [7, 11) is 0. The summed E-state index contributed by atoms with van der Waals surface area (Å²) in [5.41, 5.74) is 7.93. The molecule has 3 nitrogen and oxygen atoms in total. The summed E-state index contributed by atoms with van der Waals surface area (Å²) in [6.45, 7) is 1.05. The van der Waals surface area contributed by atoms with E-state index < -0.39 is 0 Å². The minimum Gasteiger partial charge on any atom is -0.398 e. The van der Waals surface area contributed by atoms with E-state index in [1.807, 2.05) is 24.5 Å². The summed E-state index contributed by atoms with van der Waals surface area (Å²) in [5, 5.41) is 5.73. The second-order valence-electron chi connectivity index (χ2n) is 5.14. The van der Waals surface area contributed by atoms with Crippen molar-refractivity contribution < 1.29 is 0 Å². The fourth-order valence-corrected chi connectivity index (χ4v) is 2.56. The van der Waals surface area contributed by atoms with E-state index in [-0.39, 0.29) is 0 Å². The van der Waals surface area contributed by atoms with Crippen LogP contribution in [0.15, 0.2) is 30.6 Å². The molecule has 3 N–H and O–H groups in total. The van der Waals surface area contributed by atoms with Crippen LogP contribution >= 0.6 is 0 Å². The van der Waals surface area contributed by atoms with Gasteiger partial charge in [-0.25, -0.2) is 0 Å². The van der Waals surface area contributed by atoms with E-state index in [0.29, 0.717) is 0 Å². The van der Waals surface area contributed by atoms with Gasteiger partial charge in [0.1, 0.15) is 0 Å². The highest BCUT2D eigenvalue weighted by Gasteiger charge is 2.16. The number of nitrogens with one attached hydrogen (secondary N) is 1. The highest BCUT2D eigenvalue weighted by atomic mass is 14.9. The number of hydrogen-bond acceptors (Lipinski definition) is 3. The maximum atomic E-state index is 5.96. The Morgan fingerprint density at radius 2 is 2.11 bits per heavy atom. The van der Waals surface area contributed by atoms with E-state index in [0.717, 1.165) is 23.5 Å². The molecule has 0 aliphatic heterocycles. The van der Waals surface area contributed by atoms with Crippen molar-refractivity contribution in [3.8, 4) is 0 Å². The molecule has 0 saturated heterocycles. The third-order valence-electron chi connectivity index (χ3n) is 3.94. The molecule has 2 aromatic rings. The van der Waals surface area contributed by atoms with Crippen LogP contribution in [0.2, 0.25) is 0 Å². The molecule has 0 unspecified atom stereocenters. The van der Waals surface area contributed by atoms with Crippen LogP contribution in [0.1, 0.15) is 25.7 Å². The van der Waals surface area contributed by atoms with Crippen LogP contribution in [0.4, 0.5) is 11.4 Å². The third kappa shape index (κ3) is 2.13. The van der Waals surface area contributed by atoms with E-state index in [1.54, 1.807) is 0 Å². The number of rotatable bonds is 4. The number of benzene rings is 1. The number of fused-ring (bicyclic) bond motifs is 1. The minimum absolute atomic E-state index is 0.794. The molecule has 1 heterocycles. The van der Waals surface area contributed by atoms with Crippen LogP contribution < -0.4 is 11.1 Å². The highest BCUT2D eigenvalue weighted by Crippen LogP contribution is 2.30. The summed E-state index contributed by atoms with van der Waals surface area (Å²) in [5.74, 6) is 0.944. The average Bonchev–Trinajstić information content (AvgIpc) is 2.35. The van der Waals surface area contributed by atoms with Gasteiger partial charge in [-0.3, -0.25) is 4.98 Å². The highest BCUT2D eigenvalue weighted by molar-refractivity contribution is 6.00. The molecule has 94 valence electrons. The molecule has 1 aliphatic rings. The first-order valence-electron chi connectivity index (χ1n) is 6.70. The van der Waals surface area contributed by atoms with Crippen molar-refractivity contribution in [2.45, 2.75) is 25.7 Å². The van der Waals surface area contributed by atoms with Gasteiger partial charge in [0.05, 0.1) is 0 Å². The first-order chi connectivity index (χ1) is 8.84. The van der Waals surface area contributed by atoms with E-state index in [2.05, 4.69) is 16.4 Å². The van der Waals surface area contributed by atoms with Gasteiger partial charge in [0, 0.05) is 41.1 Å². The van der Waals surface area contributed by atoms with Crippen LogP contribution in [0, 0.1) is 5.92 Å². The molecule has 3 rings (SSSR count). The van der Waals surface area contributed by atoms with Gasteiger partial charge in [0.2, 0.25) is 0 Å². The number of nitrogens with zero attached hydrogens (tertiary/aromatic N) is 1. The zero-order chi connectivity index (χ0) is 12.4.